The van der Waals surface area contributed by atoms with Crippen molar-refractivity contribution in [2.75, 3.05) is 20.3 Å². The van der Waals surface area contributed by atoms with Gasteiger partial charge in [0.15, 0.2) is 0 Å². The Hall–Kier alpha value is -1.36. The van der Waals surface area contributed by atoms with E-state index in [2.05, 4.69) is 5.10 Å². The number of carbonyl (C=O) groups is 1. The summed E-state index contributed by atoms with van der Waals surface area (Å²) in [6.07, 6.45) is 8.00. The van der Waals surface area contributed by atoms with Crippen LogP contribution in [0, 0.1) is 5.92 Å². The predicted octanol–water partition coefficient (Wildman–Crippen LogP) is 1.47. The molecular weight excluding hydrogens is 242 g/mol. The van der Waals surface area contributed by atoms with Crippen LogP contribution >= 0.6 is 0 Å². The fourth-order valence-corrected chi connectivity index (χ4v) is 3.34. The van der Waals surface area contributed by atoms with E-state index in [1.165, 1.54) is 0 Å². The van der Waals surface area contributed by atoms with E-state index in [1.807, 2.05) is 35.1 Å². The zero-order valence-corrected chi connectivity index (χ0v) is 11.4. The Morgan fingerprint density at radius 2 is 2.32 bits per heavy atom. The summed E-state index contributed by atoms with van der Waals surface area (Å²) in [5, 5.41) is 4.34. The van der Waals surface area contributed by atoms with Gasteiger partial charge >= 0.3 is 0 Å². The second-order valence-electron chi connectivity index (χ2n) is 5.56. The quantitative estimate of drug-likeness (QED) is 0.829. The van der Waals surface area contributed by atoms with E-state index in [4.69, 9.17) is 4.74 Å². The van der Waals surface area contributed by atoms with Crippen molar-refractivity contribution in [2.24, 2.45) is 5.92 Å². The largest absolute Gasteiger partial charge is 0.381 e. The lowest BCUT2D eigenvalue weighted by atomic mass is 10.0. The van der Waals surface area contributed by atoms with Crippen molar-refractivity contribution < 1.29 is 9.53 Å². The van der Waals surface area contributed by atoms with E-state index in [-0.39, 0.29) is 17.9 Å². The highest BCUT2D eigenvalue weighted by Gasteiger charge is 2.37. The summed E-state index contributed by atoms with van der Waals surface area (Å²) in [6, 6.07) is 2.54. The lowest BCUT2D eigenvalue weighted by Crippen LogP contribution is -2.43. The van der Waals surface area contributed by atoms with Gasteiger partial charge in [-0.15, -0.1) is 0 Å². The van der Waals surface area contributed by atoms with Crippen molar-refractivity contribution in [2.45, 2.75) is 37.8 Å². The number of aromatic nitrogens is 2. The molecule has 0 radical (unpaired) electrons. The first-order valence-electron chi connectivity index (χ1n) is 7.11. The number of hydrogen-bond acceptors (Lipinski definition) is 3. The number of carbonyl (C=O) groups excluding carboxylic acids is 1. The molecular formula is C14H21N3O2. The van der Waals surface area contributed by atoms with Gasteiger partial charge in [-0.05, 0) is 31.7 Å². The number of rotatable bonds is 3. The van der Waals surface area contributed by atoms with Gasteiger partial charge in [-0.2, -0.15) is 5.10 Å². The van der Waals surface area contributed by atoms with E-state index in [0.29, 0.717) is 12.6 Å². The van der Waals surface area contributed by atoms with Crippen LogP contribution in [-0.4, -0.2) is 46.9 Å². The van der Waals surface area contributed by atoms with Crippen LogP contribution in [0.25, 0.3) is 0 Å². The van der Waals surface area contributed by atoms with Gasteiger partial charge in [0.1, 0.15) is 0 Å². The molecule has 3 unspecified atom stereocenters. The monoisotopic (exact) mass is 263 g/mol. The summed E-state index contributed by atoms with van der Waals surface area (Å²) in [5.41, 5.74) is 0. The molecule has 1 aromatic heterocycles. The summed E-state index contributed by atoms with van der Waals surface area (Å²) in [6.45, 7) is 1.31. The van der Waals surface area contributed by atoms with E-state index in [0.717, 1.165) is 32.3 Å². The summed E-state index contributed by atoms with van der Waals surface area (Å²) < 4.78 is 7.33. The Labute approximate surface area is 113 Å². The van der Waals surface area contributed by atoms with Crippen molar-refractivity contribution in [1.29, 1.82) is 0 Å². The lowest BCUT2D eigenvalue weighted by molar-refractivity contribution is -0.136. The summed E-state index contributed by atoms with van der Waals surface area (Å²) >= 11 is 0. The Morgan fingerprint density at radius 1 is 1.42 bits per heavy atom. The molecule has 0 bridgehead atoms. The van der Waals surface area contributed by atoms with Gasteiger partial charge in [-0.25, -0.2) is 0 Å². The van der Waals surface area contributed by atoms with Crippen LogP contribution in [0.2, 0.25) is 0 Å². The SMILES string of the molecule is CN(C(=O)C1CCOC1)C1CCCC1n1cccn1. The molecule has 1 saturated heterocycles. The van der Waals surface area contributed by atoms with Gasteiger partial charge in [-0.3, -0.25) is 9.48 Å². The van der Waals surface area contributed by atoms with E-state index >= 15 is 0 Å². The third-order valence-electron chi connectivity index (χ3n) is 4.43. The van der Waals surface area contributed by atoms with Crippen LogP contribution in [0.15, 0.2) is 18.5 Å². The third kappa shape index (κ3) is 2.39. The molecule has 1 amide bonds. The van der Waals surface area contributed by atoms with Crippen LogP contribution in [-0.2, 0) is 9.53 Å². The highest BCUT2D eigenvalue weighted by molar-refractivity contribution is 5.79. The molecule has 0 N–H and O–H groups in total. The highest BCUT2D eigenvalue weighted by atomic mass is 16.5. The highest BCUT2D eigenvalue weighted by Crippen LogP contribution is 2.33. The summed E-state index contributed by atoms with van der Waals surface area (Å²) in [7, 11) is 1.94. The maximum Gasteiger partial charge on any atom is 0.228 e. The van der Waals surface area contributed by atoms with Gasteiger partial charge in [0.2, 0.25) is 5.91 Å². The Bertz CT molecular complexity index is 426. The first-order valence-corrected chi connectivity index (χ1v) is 7.11. The fraction of sp³-hybridized carbons (Fsp3) is 0.714. The topological polar surface area (TPSA) is 47.4 Å². The zero-order chi connectivity index (χ0) is 13.2. The first kappa shape index (κ1) is 12.7. The molecule has 1 aliphatic carbocycles. The number of likely N-dealkylation sites (N-methyl/N-ethyl adjacent to an activating group) is 1. The molecule has 104 valence electrons. The minimum Gasteiger partial charge on any atom is -0.381 e. The van der Waals surface area contributed by atoms with E-state index in [9.17, 15) is 4.79 Å². The van der Waals surface area contributed by atoms with E-state index in [1.54, 1.807) is 0 Å². The number of nitrogens with zero attached hydrogens (tertiary/aromatic N) is 3. The predicted molar refractivity (Wildman–Crippen MR) is 70.6 cm³/mol. The second kappa shape index (κ2) is 5.33. The van der Waals surface area contributed by atoms with Gasteiger partial charge in [0.25, 0.3) is 0 Å². The molecule has 3 atom stereocenters. The maximum atomic E-state index is 12.5. The molecule has 5 heteroatoms. The van der Waals surface area contributed by atoms with Crippen LogP contribution < -0.4 is 0 Å². The molecule has 3 rings (SSSR count). The van der Waals surface area contributed by atoms with E-state index < -0.39 is 0 Å². The average molecular weight is 263 g/mol. The molecule has 0 aromatic carbocycles. The summed E-state index contributed by atoms with van der Waals surface area (Å²) in [4.78, 5) is 14.4. The van der Waals surface area contributed by atoms with Crippen molar-refractivity contribution in [3.05, 3.63) is 18.5 Å². The van der Waals surface area contributed by atoms with Crippen LogP contribution in [0.5, 0.6) is 0 Å². The number of amides is 1. The van der Waals surface area contributed by atoms with Crippen LogP contribution in [0.4, 0.5) is 0 Å². The van der Waals surface area contributed by atoms with Crippen molar-refractivity contribution in [3.63, 3.8) is 0 Å². The molecule has 2 aliphatic rings. The Kier molecular flexibility index (Phi) is 3.55. The smallest absolute Gasteiger partial charge is 0.228 e. The standard InChI is InChI=1S/C14H21N3O2/c1-16(14(18)11-6-9-19-10-11)12-4-2-5-13(12)17-8-3-7-15-17/h3,7-8,11-13H,2,4-6,9-10H2,1H3. The molecule has 0 spiro atoms. The van der Waals surface area contributed by atoms with Gasteiger partial charge in [0.05, 0.1) is 24.6 Å². The maximum absolute atomic E-state index is 12.5. The lowest BCUT2D eigenvalue weighted by Gasteiger charge is -2.31. The minimum atomic E-state index is 0.0591. The Morgan fingerprint density at radius 3 is 3.00 bits per heavy atom. The first-order chi connectivity index (χ1) is 9.27. The Balaban J connectivity index is 1.71. The van der Waals surface area contributed by atoms with Gasteiger partial charge in [-0.1, -0.05) is 0 Å². The van der Waals surface area contributed by atoms with Crippen molar-refractivity contribution in [1.82, 2.24) is 14.7 Å². The fourth-order valence-electron chi connectivity index (χ4n) is 3.34. The van der Waals surface area contributed by atoms with Crippen molar-refractivity contribution in [3.8, 4) is 0 Å². The second-order valence-corrected chi connectivity index (χ2v) is 5.56. The van der Waals surface area contributed by atoms with Crippen LogP contribution in [0.3, 0.4) is 0 Å². The molecule has 2 fully saturated rings. The summed E-state index contributed by atoms with van der Waals surface area (Å²) in [5.74, 6) is 0.297. The van der Waals surface area contributed by atoms with Gasteiger partial charge < -0.3 is 9.64 Å². The molecule has 19 heavy (non-hydrogen) atoms. The minimum absolute atomic E-state index is 0.0591. The van der Waals surface area contributed by atoms with Gasteiger partial charge in [0, 0.05) is 26.0 Å². The third-order valence-corrected chi connectivity index (χ3v) is 4.43. The molecule has 1 saturated carbocycles. The number of ether oxygens (including phenoxy) is 1. The number of hydrogen-bond donors (Lipinski definition) is 0. The molecule has 2 heterocycles. The molecule has 1 aliphatic heterocycles. The van der Waals surface area contributed by atoms with Crippen molar-refractivity contribution >= 4 is 5.91 Å². The zero-order valence-electron chi connectivity index (χ0n) is 11.4. The average Bonchev–Trinajstić information content (AvgIpc) is 3.15. The molecule has 1 aromatic rings. The van der Waals surface area contributed by atoms with Crippen LogP contribution in [0.1, 0.15) is 31.7 Å². The normalized spacial score (nSPS) is 30.7. The molecule has 5 nitrogen and oxygen atoms in total.